The summed E-state index contributed by atoms with van der Waals surface area (Å²) < 4.78 is 58.2. The second-order valence-electron chi connectivity index (χ2n) is 6.59. The van der Waals surface area contributed by atoms with Gasteiger partial charge in [0, 0.05) is 30.8 Å². The highest BCUT2D eigenvalue weighted by Crippen LogP contribution is 2.30. The summed E-state index contributed by atoms with van der Waals surface area (Å²) in [5.74, 6) is -2.48. The molecule has 1 amide bonds. The molecule has 0 unspecified atom stereocenters. The zero-order valence-electron chi connectivity index (χ0n) is 15.5. The van der Waals surface area contributed by atoms with E-state index in [0.717, 1.165) is 12.1 Å². The van der Waals surface area contributed by atoms with Crippen LogP contribution in [-0.4, -0.2) is 38.8 Å². The molecule has 1 aliphatic heterocycles. The SMILES string of the molecule is COc1ccc(S(=O)(=O)N2CCC(C(=O)Nc3ccc(F)c(F)c3)CC2)cc1Cl. The van der Waals surface area contributed by atoms with E-state index in [2.05, 4.69) is 5.32 Å². The van der Waals surface area contributed by atoms with Gasteiger partial charge in [-0.1, -0.05) is 11.6 Å². The van der Waals surface area contributed by atoms with Crippen molar-refractivity contribution >= 4 is 33.2 Å². The number of ether oxygens (including phenoxy) is 1. The topological polar surface area (TPSA) is 75.7 Å². The Labute approximate surface area is 172 Å². The molecule has 1 aliphatic rings. The fourth-order valence-electron chi connectivity index (χ4n) is 3.13. The van der Waals surface area contributed by atoms with Crippen molar-refractivity contribution in [3.8, 4) is 5.75 Å². The highest BCUT2D eigenvalue weighted by atomic mass is 35.5. The van der Waals surface area contributed by atoms with Gasteiger partial charge >= 0.3 is 0 Å². The van der Waals surface area contributed by atoms with E-state index in [1.165, 1.54) is 35.7 Å². The maximum Gasteiger partial charge on any atom is 0.243 e. The first-order valence-corrected chi connectivity index (χ1v) is 10.6. The van der Waals surface area contributed by atoms with Crippen LogP contribution < -0.4 is 10.1 Å². The standard InChI is InChI=1S/C19H19ClF2N2O4S/c1-28-18-5-3-14(11-15(18)20)29(26,27)24-8-6-12(7-9-24)19(25)23-13-2-4-16(21)17(22)10-13/h2-5,10-12H,6-9H2,1H3,(H,23,25). The predicted molar refractivity (Wildman–Crippen MR) is 104 cm³/mol. The van der Waals surface area contributed by atoms with Crippen LogP contribution in [0.15, 0.2) is 41.3 Å². The minimum atomic E-state index is -3.76. The van der Waals surface area contributed by atoms with Gasteiger partial charge < -0.3 is 10.1 Å². The molecule has 29 heavy (non-hydrogen) atoms. The van der Waals surface area contributed by atoms with Gasteiger partial charge in [-0.15, -0.1) is 0 Å². The first kappa shape index (κ1) is 21.5. The number of nitrogens with one attached hydrogen (secondary N) is 1. The molecule has 1 saturated heterocycles. The molecule has 1 N–H and O–H groups in total. The van der Waals surface area contributed by atoms with Crippen molar-refractivity contribution in [3.63, 3.8) is 0 Å². The van der Waals surface area contributed by atoms with Crippen LogP contribution in [0.1, 0.15) is 12.8 Å². The van der Waals surface area contributed by atoms with Crippen molar-refractivity contribution in [3.05, 3.63) is 53.1 Å². The molecule has 0 atom stereocenters. The Morgan fingerprint density at radius 1 is 1.14 bits per heavy atom. The van der Waals surface area contributed by atoms with Gasteiger partial charge in [-0.2, -0.15) is 4.31 Å². The average Bonchev–Trinajstić information content (AvgIpc) is 2.70. The van der Waals surface area contributed by atoms with Crippen LogP contribution in [0, 0.1) is 17.6 Å². The maximum atomic E-state index is 13.3. The van der Waals surface area contributed by atoms with Crippen LogP contribution in [0.4, 0.5) is 14.5 Å². The Hall–Kier alpha value is -2.23. The zero-order valence-corrected chi connectivity index (χ0v) is 17.1. The molecule has 10 heteroatoms. The summed E-state index contributed by atoms with van der Waals surface area (Å²) >= 11 is 6.03. The number of rotatable bonds is 5. The lowest BCUT2D eigenvalue weighted by molar-refractivity contribution is -0.120. The van der Waals surface area contributed by atoms with E-state index in [4.69, 9.17) is 16.3 Å². The lowest BCUT2D eigenvalue weighted by atomic mass is 9.97. The monoisotopic (exact) mass is 444 g/mol. The summed E-state index contributed by atoms with van der Waals surface area (Å²) in [6.45, 7) is 0.309. The van der Waals surface area contributed by atoms with Crippen molar-refractivity contribution in [1.29, 1.82) is 0 Å². The van der Waals surface area contributed by atoms with E-state index in [1.807, 2.05) is 0 Å². The Morgan fingerprint density at radius 3 is 2.41 bits per heavy atom. The van der Waals surface area contributed by atoms with Gasteiger partial charge in [-0.05, 0) is 43.2 Å². The van der Waals surface area contributed by atoms with Crippen molar-refractivity contribution in [1.82, 2.24) is 4.31 Å². The second kappa shape index (κ2) is 8.64. The van der Waals surface area contributed by atoms with E-state index in [-0.39, 0.29) is 34.6 Å². The average molecular weight is 445 g/mol. The minimum absolute atomic E-state index is 0.0491. The quantitative estimate of drug-likeness (QED) is 0.763. The molecule has 0 aromatic heterocycles. The van der Waals surface area contributed by atoms with E-state index < -0.39 is 27.6 Å². The summed E-state index contributed by atoms with van der Waals surface area (Å²) in [5, 5.41) is 2.73. The van der Waals surface area contributed by atoms with Gasteiger partial charge in [0.05, 0.1) is 17.0 Å². The number of hydrogen-bond donors (Lipinski definition) is 1. The molecule has 0 spiro atoms. The Kier molecular flexibility index (Phi) is 6.40. The molecule has 1 heterocycles. The third kappa shape index (κ3) is 4.68. The number of amides is 1. The highest BCUT2D eigenvalue weighted by Gasteiger charge is 2.32. The van der Waals surface area contributed by atoms with Gasteiger partial charge in [-0.3, -0.25) is 4.79 Å². The fraction of sp³-hybridized carbons (Fsp3) is 0.316. The third-order valence-electron chi connectivity index (χ3n) is 4.77. The Balaban J connectivity index is 1.64. The van der Waals surface area contributed by atoms with Gasteiger partial charge in [-0.25, -0.2) is 17.2 Å². The number of carbonyl (C=O) groups is 1. The summed E-state index contributed by atoms with van der Waals surface area (Å²) in [6, 6.07) is 7.33. The van der Waals surface area contributed by atoms with E-state index in [1.54, 1.807) is 0 Å². The van der Waals surface area contributed by atoms with E-state index in [0.29, 0.717) is 18.6 Å². The summed E-state index contributed by atoms with van der Waals surface area (Å²) in [7, 11) is -2.32. The van der Waals surface area contributed by atoms with Crippen LogP contribution in [0.3, 0.4) is 0 Å². The lowest BCUT2D eigenvalue weighted by Crippen LogP contribution is -2.41. The molecule has 2 aromatic rings. The summed E-state index contributed by atoms with van der Waals surface area (Å²) in [6.07, 6.45) is 0.608. The first-order chi connectivity index (χ1) is 13.7. The molecule has 0 aliphatic carbocycles. The van der Waals surface area contributed by atoms with Crippen molar-refractivity contribution in [2.24, 2.45) is 5.92 Å². The molecular formula is C19H19ClF2N2O4S. The number of hydrogen-bond acceptors (Lipinski definition) is 4. The van der Waals surface area contributed by atoms with Crippen LogP contribution in [-0.2, 0) is 14.8 Å². The van der Waals surface area contributed by atoms with Crippen LogP contribution in [0.2, 0.25) is 5.02 Å². The Morgan fingerprint density at radius 2 is 1.83 bits per heavy atom. The highest BCUT2D eigenvalue weighted by molar-refractivity contribution is 7.89. The summed E-state index contributed by atoms with van der Waals surface area (Å²) in [4.78, 5) is 12.4. The number of sulfonamides is 1. The summed E-state index contributed by atoms with van der Waals surface area (Å²) in [5.41, 5.74) is 0.150. The number of piperidine rings is 1. The molecule has 0 radical (unpaired) electrons. The van der Waals surface area contributed by atoms with Crippen molar-refractivity contribution < 1.29 is 26.7 Å². The number of halogens is 3. The molecule has 0 saturated carbocycles. The van der Waals surface area contributed by atoms with Gasteiger partial charge in [0.2, 0.25) is 15.9 Å². The smallest absolute Gasteiger partial charge is 0.243 e. The fourth-order valence-corrected chi connectivity index (χ4v) is 4.95. The number of nitrogens with zero attached hydrogens (tertiary/aromatic N) is 1. The molecule has 1 fully saturated rings. The molecule has 0 bridgehead atoms. The largest absolute Gasteiger partial charge is 0.495 e. The number of anilines is 1. The van der Waals surface area contributed by atoms with Crippen molar-refractivity contribution in [2.45, 2.75) is 17.7 Å². The van der Waals surface area contributed by atoms with E-state index >= 15 is 0 Å². The maximum absolute atomic E-state index is 13.3. The number of benzene rings is 2. The second-order valence-corrected chi connectivity index (χ2v) is 8.94. The van der Waals surface area contributed by atoms with E-state index in [9.17, 15) is 22.0 Å². The molecule has 3 rings (SSSR count). The van der Waals surface area contributed by atoms with Crippen molar-refractivity contribution in [2.75, 3.05) is 25.5 Å². The minimum Gasteiger partial charge on any atom is -0.495 e. The predicted octanol–water partition coefficient (Wildman–Crippen LogP) is 3.67. The normalized spacial score (nSPS) is 15.9. The number of methoxy groups -OCH3 is 1. The zero-order chi connectivity index (χ0) is 21.2. The number of carbonyl (C=O) groups excluding carboxylic acids is 1. The first-order valence-electron chi connectivity index (χ1n) is 8.82. The molecular weight excluding hydrogens is 426 g/mol. The molecule has 2 aromatic carbocycles. The van der Waals surface area contributed by atoms with Crippen LogP contribution in [0.5, 0.6) is 5.75 Å². The van der Waals surface area contributed by atoms with Gasteiger partial charge in [0.25, 0.3) is 0 Å². The van der Waals surface area contributed by atoms with Gasteiger partial charge in [0.15, 0.2) is 11.6 Å². The Bertz CT molecular complexity index is 1020. The van der Waals surface area contributed by atoms with Crippen LogP contribution >= 0.6 is 11.6 Å². The van der Waals surface area contributed by atoms with Crippen LogP contribution in [0.25, 0.3) is 0 Å². The van der Waals surface area contributed by atoms with Gasteiger partial charge in [0.1, 0.15) is 5.75 Å². The molecule has 6 nitrogen and oxygen atoms in total. The third-order valence-corrected chi connectivity index (χ3v) is 6.96. The molecule has 156 valence electrons. The lowest BCUT2D eigenvalue weighted by Gasteiger charge is -2.30.